The molecule has 0 saturated heterocycles. The number of carbonyl (C=O) groups is 1. The normalized spacial score (nSPS) is 13.1. The SMILES string of the molecule is CC(CN(C)C(=O)c1cccc(=O)[nH]1)/C(N)=N/O. The first-order valence-electron chi connectivity index (χ1n) is 5.38. The van der Waals surface area contributed by atoms with Gasteiger partial charge in [0.2, 0.25) is 5.56 Å². The maximum Gasteiger partial charge on any atom is 0.270 e. The molecule has 1 heterocycles. The Morgan fingerprint density at radius 2 is 2.28 bits per heavy atom. The first kappa shape index (κ1) is 13.8. The first-order chi connectivity index (χ1) is 8.45. The van der Waals surface area contributed by atoms with E-state index in [4.69, 9.17) is 10.9 Å². The van der Waals surface area contributed by atoms with Crippen molar-refractivity contribution in [3.63, 3.8) is 0 Å². The Morgan fingerprint density at radius 3 is 2.83 bits per heavy atom. The number of hydrogen-bond donors (Lipinski definition) is 3. The molecule has 0 aliphatic carbocycles. The lowest BCUT2D eigenvalue weighted by Crippen LogP contribution is -2.37. The van der Waals surface area contributed by atoms with Gasteiger partial charge >= 0.3 is 0 Å². The van der Waals surface area contributed by atoms with Crippen LogP contribution >= 0.6 is 0 Å². The molecular formula is C11H16N4O3. The average molecular weight is 252 g/mol. The zero-order chi connectivity index (χ0) is 13.7. The van der Waals surface area contributed by atoms with Gasteiger partial charge in [0.1, 0.15) is 11.5 Å². The van der Waals surface area contributed by atoms with E-state index in [0.29, 0.717) is 0 Å². The second kappa shape index (κ2) is 5.85. The molecule has 1 unspecified atom stereocenters. The van der Waals surface area contributed by atoms with Gasteiger partial charge in [-0.25, -0.2) is 0 Å². The molecular weight excluding hydrogens is 236 g/mol. The van der Waals surface area contributed by atoms with Gasteiger partial charge in [0, 0.05) is 25.6 Å². The minimum Gasteiger partial charge on any atom is -0.409 e. The van der Waals surface area contributed by atoms with Gasteiger partial charge in [0.15, 0.2) is 0 Å². The smallest absolute Gasteiger partial charge is 0.270 e. The molecule has 1 amide bonds. The van der Waals surface area contributed by atoms with Gasteiger partial charge in [-0.05, 0) is 6.07 Å². The lowest BCUT2D eigenvalue weighted by molar-refractivity contribution is 0.0780. The number of hydrogen-bond acceptors (Lipinski definition) is 4. The van der Waals surface area contributed by atoms with E-state index < -0.39 is 0 Å². The van der Waals surface area contributed by atoms with Gasteiger partial charge in [0.05, 0.1) is 0 Å². The van der Waals surface area contributed by atoms with Crippen molar-refractivity contribution in [3.05, 3.63) is 34.2 Å². The highest BCUT2D eigenvalue weighted by Gasteiger charge is 2.17. The Kier molecular flexibility index (Phi) is 4.47. The summed E-state index contributed by atoms with van der Waals surface area (Å²) in [4.78, 5) is 26.9. The summed E-state index contributed by atoms with van der Waals surface area (Å²) < 4.78 is 0. The number of nitrogens with zero attached hydrogens (tertiary/aromatic N) is 2. The molecule has 7 heteroatoms. The average Bonchev–Trinajstić information content (AvgIpc) is 2.36. The molecule has 0 bridgehead atoms. The minimum absolute atomic E-state index is 0.0520. The zero-order valence-electron chi connectivity index (χ0n) is 10.3. The predicted octanol–water partition coefficient (Wildman–Crippen LogP) is -0.171. The zero-order valence-corrected chi connectivity index (χ0v) is 10.3. The van der Waals surface area contributed by atoms with Crippen molar-refractivity contribution in [2.45, 2.75) is 6.92 Å². The number of amides is 1. The van der Waals surface area contributed by atoms with Crippen molar-refractivity contribution in [2.24, 2.45) is 16.8 Å². The molecule has 98 valence electrons. The third kappa shape index (κ3) is 3.34. The molecule has 0 spiro atoms. The van der Waals surface area contributed by atoms with Gasteiger partial charge in [-0.15, -0.1) is 0 Å². The van der Waals surface area contributed by atoms with Crippen molar-refractivity contribution in [2.75, 3.05) is 13.6 Å². The molecule has 1 atom stereocenters. The number of nitrogens with one attached hydrogen (secondary N) is 1. The molecule has 0 aromatic carbocycles. The van der Waals surface area contributed by atoms with Crippen LogP contribution in [0.3, 0.4) is 0 Å². The van der Waals surface area contributed by atoms with Crippen molar-refractivity contribution in [1.29, 1.82) is 0 Å². The van der Waals surface area contributed by atoms with Gasteiger partial charge in [-0.2, -0.15) is 0 Å². The number of oxime groups is 1. The molecule has 0 saturated carbocycles. The van der Waals surface area contributed by atoms with Crippen LogP contribution in [0.15, 0.2) is 28.1 Å². The fraction of sp³-hybridized carbons (Fsp3) is 0.364. The number of rotatable bonds is 4. The minimum atomic E-state index is -0.335. The van der Waals surface area contributed by atoms with Crippen LogP contribution in [-0.4, -0.2) is 40.4 Å². The van der Waals surface area contributed by atoms with Crippen LogP contribution in [0, 0.1) is 5.92 Å². The predicted molar refractivity (Wildman–Crippen MR) is 66.6 cm³/mol. The van der Waals surface area contributed by atoms with Crippen LogP contribution in [0.25, 0.3) is 0 Å². The van der Waals surface area contributed by atoms with Crippen molar-refractivity contribution in [1.82, 2.24) is 9.88 Å². The molecule has 18 heavy (non-hydrogen) atoms. The van der Waals surface area contributed by atoms with E-state index in [1.165, 1.54) is 23.1 Å². The Balaban J connectivity index is 2.76. The van der Waals surface area contributed by atoms with Crippen molar-refractivity contribution in [3.8, 4) is 0 Å². The standard InChI is InChI=1S/C11H16N4O3/c1-7(10(12)14-18)6-15(2)11(17)8-4-3-5-9(16)13-8/h3-5,7,18H,6H2,1-2H3,(H2,12,14)(H,13,16). The quantitative estimate of drug-likeness (QED) is 0.299. The van der Waals surface area contributed by atoms with Gasteiger partial charge in [-0.3, -0.25) is 9.59 Å². The summed E-state index contributed by atoms with van der Waals surface area (Å²) in [6, 6.07) is 4.36. The van der Waals surface area contributed by atoms with E-state index in [1.54, 1.807) is 14.0 Å². The third-order valence-electron chi connectivity index (χ3n) is 2.51. The molecule has 4 N–H and O–H groups in total. The molecule has 0 radical (unpaired) electrons. The Bertz CT molecular complexity index is 509. The van der Waals surface area contributed by atoms with Crippen LogP contribution in [0.1, 0.15) is 17.4 Å². The largest absolute Gasteiger partial charge is 0.409 e. The maximum absolute atomic E-state index is 12.0. The topological polar surface area (TPSA) is 112 Å². The first-order valence-corrected chi connectivity index (χ1v) is 5.38. The third-order valence-corrected chi connectivity index (χ3v) is 2.51. The second-order valence-corrected chi connectivity index (χ2v) is 4.04. The number of amidine groups is 1. The summed E-state index contributed by atoms with van der Waals surface area (Å²) in [5, 5.41) is 11.4. The van der Waals surface area contributed by atoms with Crippen molar-refractivity contribution >= 4 is 11.7 Å². The van der Waals surface area contributed by atoms with E-state index in [2.05, 4.69) is 10.1 Å². The number of pyridine rings is 1. The Hall–Kier alpha value is -2.31. The fourth-order valence-electron chi connectivity index (χ4n) is 1.46. The number of aromatic amines is 1. The Labute approximate surface area is 104 Å². The van der Waals surface area contributed by atoms with E-state index in [-0.39, 0.29) is 35.5 Å². The van der Waals surface area contributed by atoms with E-state index >= 15 is 0 Å². The van der Waals surface area contributed by atoms with E-state index in [1.807, 2.05) is 0 Å². The highest BCUT2D eigenvalue weighted by Crippen LogP contribution is 2.03. The fourth-order valence-corrected chi connectivity index (χ4v) is 1.46. The number of nitrogens with two attached hydrogens (primary N) is 1. The van der Waals surface area contributed by atoms with Gasteiger partial charge in [0.25, 0.3) is 5.91 Å². The second-order valence-electron chi connectivity index (χ2n) is 4.04. The molecule has 0 aliphatic heterocycles. The summed E-state index contributed by atoms with van der Waals surface area (Å²) in [5.41, 5.74) is 5.30. The maximum atomic E-state index is 12.0. The van der Waals surface area contributed by atoms with Crippen LogP contribution in [0.4, 0.5) is 0 Å². The number of carbonyl (C=O) groups excluding carboxylic acids is 1. The number of H-pyrrole nitrogens is 1. The highest BCUT2D eigenvalue weighted by atomic mass is 16.4. The van der Waals surface area contributed by atoms with Gasteiger partial charge < -0.3 is 20.8 Å². The molecule has 1 rings (SSSR count). The van der Waals surface area contributed by atoms with Gasteiger partial charge in [-0.1, -0.05) is 18.1 Å². The summed E-state index contributed by atoms with van der Waals surface area (Å²) in [6.45, 7) is 2.01. The van der Waals surface area contributed by atoms with Crippen LogP contribution in [-0.2, 0) is 0 Å². The highest BCUT2D eigenvalue weighted by molar-refractivity contribution is 5.92. The van der Waals surface area contributed by atoms with Crippen LogP contribution < -0.4 is 11.3 Å². The molecule has 0 fully saturated rings. The van der Waals surface area contributed by atoms with Crippen molar-refractivity contribution < 1.29 is 10.0 Å². The van der Waals surface area contributed by atoms with E-state index in [0.717, 1.165) is 0 Å². The summed E-state index contributed by atoms with van der Waals surface area (Å²) >= 11 is 0. The molecule has 7 nitrogen and oxygen atoms in total. The molecule has 1 aromatic rings. The lowest BCUT2D eigenvalue weighted by Gasteiger charge is -2.20. The molecule has 1 aromatic heterocycles. The Morgan fingerprint density at radius 1 is 1.61 bits per heavy atom. The summed E-state index contributed by atoms with van der Waals surface area (Å²) in [6.07, 6.45) is 0. The summed E-state index contributed by atoms with van der Waals surface area (Å²) in [7, 11) is 1.58. The van der Waals surface area contributed by atoms with Crippen LogP contribution in [0.5, 0.6) is 0 Å². The van der Waals surface area contributed by atoms with E-state index in [9.17, 15) is 9.59 Å². The molecule has 0 aliphatic rings. The van der Waals surface area contributed by atoms with Crippen LogP contribution in [0.2, 0.25) is 0 Å². The number of aromatic nitrogens is 1. The summed E-state index contributed by atoms with van der Waals surface area (Å²) in [5.74, 6) is -0.555. The monoisotopic (exact) mass is 252 g/mol. The lowest BCUT2D eigenvalue weighted by atomic mass is 10.1.